The van der Waals surface area contributed by atoms with E-state index in [1.807, 2.05) is 11.4 Å². The minimum absolute atomic E-state index is 0.207. The van der Waals surface area contributed by atoms with Crippen molar-refractivity contribution in [1.82, 2.24) is 5.43 Å². The van der Waals surface area contributed by atoms with Crippen LogP contribution in [0, 0.1) is 0 Å². The average Bonchev–Trinajstić information content (AvgIpc) is 2.95. The fourth-order valence-corrected chi connectivity index (χ4v) is 1.75. The molecule has 0 radical (unpaired) electrons. The van der Waals surface area contributed by atoms with Crippen LogP contribution in [0.1, 0.15) is 22.4 Å². The van der Waals surface area contributed by atoms with Gasteiger partial charge in [0.15, 0.2) is 0 Å². The summed E-state index contributed by atoms with van der Waals surface area (Å²) in [5.74, 6) is 0.437. The molecule has 0 aromatic carbocycles. The molecule has 16 heavy (non-hydrogen) atoms. The van der Waals surface area contributed by atoms with Gasteiger partial charge in [0, 0.05) is 0 Å². The van der Waals surface area contributed by atoms with Crippen molar-refractivity contribution in [1.29, 1.82) is 0 Å². The van der Waals surface area contributed by atoms with E-state index >= 15 is 0 Å². The van der Waals surface area contributed by atoms with Gasteiger partial charge in [-0.15, -0.1) is 11.3 Å². The predicted octanol–water partition coefficient (Wildman–Crippen LogP) is 2.50. The number of hydrazone groups is 1. The maximum atomic E-state index is 11.5. The Morgan fingerprint density at radius 3 is 2.94 bits per heavy atom. The number of carbonyl (C=O) groups excluding carboxylic acids is 1. The fourth-order valence-electron chi connectivity index (χ4n) is 1.14. The third-order valence-electron chi connectivity index (χ3n) is 1.95. The molecule has 0 bridgehead atoms. The molecule has 4 nitrogen and oxygen atoms in total. The summed E-state index contributed by atoms with van der Waals surface area (Å²) in [6.07, 6.45) is 1.56. The molecule has 2 heterocycles. The Morgan fingerprint density at radius 2 is 2.31 bits per heavy atom. The summed E-state index contributed by atoms with van der Waals surface area (Å²) < 4.78 is 5.14. The third kappa shape index (κ3) is 2.38. The highest BCUT2D eigenvalue weighted by atomic mass is 32.1. The van der Waals surface area contributed by atoms with Crippen LogP contribution in [0.3, 0.4) is 0 Å². The number of nitrogens with one attached hydrogen (secondary N) is 1. The number of nitrogens with zero attached hydrogens (tertiary/aromatic N) is 1. The second-order valence-corrected chi connectivity index (χ2v) is 4.04. The molecule has 0 aliphatic heterocycles. The zero-order valence-electron chi connectivity index (χ0n) is 8.64. The molecule has 0 atom stereocenters. The minimum atomic E-state index is -0.207. The molecule has 1 amide bonds. The molecule has 0 unspecified atom stereocenters. The van der Waals surface area contributed by atoms with E-state index in [4.69, 9.17) is 4.42 Å². The predicted molar refractivity (Wildman–Crippen MR) is 62.7 cm³/mol. The van der Waals surface area contributed by atoms with Crippen molar-refractivity contribution in [3.63, 3.8) is 0 Å². The molecular formula is C11H10N2O2S. The lowest BCUT2D eigenvalue weighted by Gasteiger charge is -1.98. The van der Waals surface area contributed by atoms with Gasteiger partial charge in [-0.3, -0.25) is 4.79 Å². The zero-order chi connectivity index (χ0) is 11.4. The highest BCUT2D eigenvalue weighted by molar-refractivity contribution is 7.12. The summed E-state index contributed by atoms with van der Waals surface area (Å²) >= 11 is 1.38. The molecule has 1 N–H and O–H groups in total. The van der Waals surface area contributed by atoms with E-state index in [1.165, 1.54) is 11.3 Å². The van der Waals surface area contributed by atoms with E-state index in [1.54, 1.807) is 31.4 Å². The monoisotopic (exact) mass is 234 g/mol. The first-order chi connectivity index (χ1) is 7.77. The Hall–Kier alpha value is -1.88. The Balaban J connectivity index is 2.02. The Kier molecular flexibility index (Phi) is 3.16. The Labute approximate surface area is 96.6 Å². The van der Waals surface area contributed by atoms with E-state index in [0.29, 0.717) is 16.3 Å². The molecule has 82 valence electrons. The largest absolute Gasteiger partial charge is 0.463 e. The average molecular weight is 234 g/mol. The summed E-state index contributed by atoms with van der Waals surface area (Å²) in [5.41, 5.74) is 3.11. The summed E-state index contributed by atoms with van der Waals surface area (Å²) in [7, 11) is 0. The van der Waals surface area contributed by atoms with Crippen molar-refractivity contribution >= 4 is 23.0 Å². The molecule has 0 spiro atoms. The number of amides is 1. The van der Waals surface area contributed by atoms with Crippen molar-refractivity contribution < 1.29 is 9.21 Å². The molecule has 2 rings (SSSR count). The van der Waals surface area contributed by atoms with Crippen molar-refractivity contribution in [2.75, 3.05) is 0 Å². The van der Waals surface area contributed by atoms with E-state index in [-0.39, 0.29) is 5.91 Å². The molecule has 0 saturated carbocycles. The molecule has 5 heteroatoms. The molecule has 0 aliphatic rings. The van der Waals surface area contributed by atoms with Gasteiger partial charge in [-0.2, -0.15) is 5.10 Å². The van der Waals surface area contributed by atoms with Crippen LogP contribution >= 0.6 is 11.3 Å². The smallest absolute Gasteiger partial charge is 0.281 e. The van der Waals surface area contributed by atoms with Gasteiger partial charge in [-0.1, -0.05) is 6.07 Å². The topological polar surface area (TPSA) is 54.6 Å². The first kappa shape index (κ1) is 10.6. The van der Waals surface area contributed by atoms with Crippen molar-refractivity contribution in [3.8, 4) is 0 Å². The van der Waals surface area contributed by atoms with Crippen LogP contribution in [-0.4, -0.2) is 11.6 Å². The van der Waals surface area contributed by atoms with Gasteiger partial charge in [0.25, 0.3) is 5.91 Å². The molecule has 2 aromatic heterocycles. The third-order valence-corrected chi connectivity index (χ3v) is 2.82. The van der Waals surface area contributed by atoms with Crippen molar-refractivity contribution in [2.24, 2.45) is 5.10 Å². The normalized spacial score (nSPS) is 11.4. The highest BCUT2D eigenvalue weighted by Gasteiger charge is 2.05. The van der Waals surface area contributed by atoms with Crippen LogP contribution in [0.15, 0.2) is 45.4 Å². The standard InChI is InChI=1S/C11H10N2O2S/c1-8(9-4-2-6-15-9)12-13-11(14)10-5-3-7-16-10/h2-7H,1H3,(H,13,14)/b12-8+. The lowest BCUT2D eigenvalue weighted by molar-refractivity contribution is 0.0959. The van der Waals surface area contributed by atoms with Gasteiger partial charge in [-0.05, 0) is 30.5 Å². The van der Waals surface area contributed by atoms with Crippen LogP contribution in [0.2, 0.25) is 0 Å². The van der Waals surface area contributed by atoms with Crippen molar-refractivity contribution in [2.45, 2.75) is 6.92 Å². The molecule has 2 aromatic rings. The van der Waals surface area contributed by atoms with E-state index in [2.05, 4.69) is 10.5 Å². The zero-order valence-corrected chi connectivity index (χ0v) is 9.45. The van der Waals surface area contributed by atoms with Crippen molar-refractivity contribution in [3.05, 3.63) is 46.5 Å². The molecule has 0 fully saturated rings. The highest BCUT2D eigenvalue weighted by Crippen LogP contribution is 2.08. The lowest BCUT2D eigenvalue weighted by Crippen LogP contribution is -2.17. The minimum Gasteiger partial charge on any atom is -0.463 e. The van der Waals surface area contributed by atoms with Crippen LogP contribution in [0.4, 0.5) is 0 Å². The summed E-state index contributed by atoms with van der Waals surface area (Å²) in [6, 6.07) is 7.13. The number of rotatable bonds is 3. The van der Waals surface area contributed by atoms with Crippen LogP contribution in [0.5, 0.6) is 0 Å². The summed E-state index contributed by atoms with van der Waals surface area (Å²) in [4.78, 5) is 12.2. The number of carbonyl (C=O) groups is 1. The number of hydrogen-bond acceptors (Lipinski definition) is 4. The second-order valence-electron chi connectivity index (χ2n) is 3.09. The first-order valence-corrected chi connectivity index (χ1v) is 5.57. The molecular weight excluding hydrogens is 224 g/mol. The fraction of sp³-hybridized carbons (Fsp3) is 0.0909. The van der Waals surface area contributed by atoms with Gasteiger partial charge in [-0.25, -0.2) is 5.43 Å². The van der Waals surface area contributed by atoms with E-state index < -0.39 is 0 Å². The van der Waals surface area contributed by atoms with Crippen LogP contribution < -0.4 is 5.43 Å². The van der Waals surface area contributed by atoms with Gasteiger partial charge in [0.1, 0.15) is 11.5 Å². The maximum absolute atomic E-state index is 11.5. The van der Waals surface area contributed by atoms with Gasteiger partial charge >= 0.3 is 0 Å². The molecule has 0 saturated heterocycles. The maximum Gasteiger partial charge on any atom is 0.281 e. The van der Waals surface area contributed by atoms with E-state index in [9.17, 15) is 4.79 Å². The first-order valence-electron chi connectivity index (χ1n) is 4.69. The summed E-state index contributed by atoms with van der Waals surface area (Å²) in [5, 5.41) is 5.80. The lowest BCUT2D eigenvalue weighted by atomic mass is 10.3. The van der Waals surface area contributed by atoms with E-state index in [0.717, 1.165) is 0 Å². The molecule has 0 aliphatic carbocycles. The second kappa shape index (κ2) is 4.76. The number of thiophene rings is 1. The SMILES string of the molecule is C/C(=N\NC(=O)c1cccs1)c1ccco1. The van der Waals surface area contributed by atoms with Crippen LogP contribution in [-0.2, 0) is 0 Å². The van der Waals surface area contributed by atoms with Gasteiger partial charge in [0.05, 0.1) is 11.1 Å². The summed E-state index contributed by atoms with van der Waals surface area (Å²) in [6.45, 7) is 1.77. The van der Waals surface area contributed by atoms with Gasteiger partial charge < -0.3 is 4.42 Å². The number of hydrogen-bond donors (Lipinski definition) is 1. The quantitative estimate of drug-likeness (QED) is 0.655. The number of furan rings is 1. The Morgan fingerprint density at radius 1 is 1.44 bits per heavy atom. The van der Waals surface area contributed by atoms with Crippen LogP contribution in [0.25, 0.3) is 0 Å². The Bertz CT molecular complexity index is 486. The van der Waals surface area contributed by atoms with Gasteiger partial charge in [0.2, 0.25) is 0 Å².